The maximum atomic E-state index is 8.81. The van der Waals surface area contributed by atoms with E-state index >= 15 is 0 Å². The topological polar surface area (TPSA) is 56.1 Å². The average molecular weight is 314 g/mol. The van der Waals surface area contributed by atoms with Gasteiger partial charge in [-0.2, -0.15) is 5.26 Å². The number of nitrogens with zero attached hydrogens (tertiary/aromatic N) is 5. The molecule has 0 spiro atoms. The Morgan fingerprint density at radius 3 is 2.45 bits per heavy atom. The van der Waals surface area contributed by atoms with Gasteiger partial charge in [-0.15, -0.1) is 0 Å². The number of aromatic nitrogens is 2. The first-order valence-electron chi connectivity index (χ1n) is 7.18. The summed E-state index contributed by atoms with van der Waals surface area (Å²) >= 11 is 5.80. The number of pyridine rings is 2. The first-order chi connectivity index (χ1) is 10.7. The molecule has 5 nitrogen and oxygen atoms in total. The quantitative estimate of drug-likeness (QED) is 0.814. The van der Waals surface area contributed by atoms with E-state index in [1.165, 1.54) is 5.56 Å². The molecule has 0 saturated carbocycles. The number of halogens is 1. The predicted octanol–water partition coefficient (Wildman–Crippen LogP) is 2.32. The van der Waals surface area contributed by atoms with Gasteiger partial charge < -0.3 is 4.90 Å². The van der Waals surface area contributed by atoms with Crippen molar-refractivity contribution < 1.29 is 0 Å². The van der Waals surface area contributed by atoms with E-state index < -0.39 is 0 Å². The van der Waals surface area contributed by atoms with Crippen molar-refractivity contribution >= 4 is 17.4 Å². The Labute approximate surface area is 134 Å². The number of anilines is 1. The van der Waals surface area contributed by atoms with Crippen LogP contribution in [0.5, 0.6) is 0 Å². The standard InChI is InChI=1S/C16H16ClN5/c17-15-3-1-14(11-19-15)12-21-5-7-22(8-6-21)16-4-2-13(9-18)10-20-16/h1-4,10-11H,5-8,12H2. The molecule has 2 aromatic rings. The monoisotopic (exact) mass is 313 g/mol. The Morgan fingerprint density at radius 1 is 1.05 bits per heavy atom. The first kappa shape index (κ1) is 14.8. The molecule has 112 valence electrons. The average Bonchev–Trinajstić information content (AvgIpc) is 2.58. The van der Waals surface area contributed by atoms with Crippen molar-refractivity contribution in [1.82, 2.24) is 14.9 Å². The highest BCUT2D eigenvalue weighted by Gasteiger charge is 2.18. The second-order valence-electron chi connectivity index (χ2n) is 5.27. The molecule has 2 aromatic heterocycles. The second kappa shape index (κ2) is 6.73. The van der Waals surface area contributed by atoms with E-state index in [0.29, 0.717) is 10.7 Å². The molecule has 3 rings (SSSR count). The zero-order valence-electron chi connectivity index (χ0n) is 12.1. The zero-order valence-corrected chi connectivity index (χ0v) is 12.9. The summed E-state index contributed by atoms with van der Waals surface area (Å²) < 4.78 is 0. The number of hydrogen-bond acceptors (Lipinski definition) is 5. The lowest BCUT2D eigenvalue weighted by molar-refractivity contribution is 0.249. The van der Waals surface area contributed by atoms with Crippen molar-refractivity contribution in [1.29, 1.82) is 5.26 Å². The lowest BCUT2D eigenvalue weighted by atomic mass is 10.2. The van der Waals surface area contributed by atoms with E-state index in [1.807, 2.05) is 30.5 Å². The van der Waals surface area contributed by atoms with Gasteiger partial charge in [-0.25, -0.2) is 9.97 Å². The molecule has 0 amide bonds. The highest BCUT2D eigenvalue weighted by atomic mass is 35.5. The van der Waals surface area contributed by atoms with Gasteiger partial charge >= 0.3 is 0 Å². The van der Waals surface area contributed by atoms with Crippen molar-refractivity contribution in [2.75, 3.05) is 31.1 Å². The molecule has 0 unspecified atom stereocenters. The normalized spacial score (nSPS) is 15.5. The van der Waals surface area contributed by atoms with Crippen LogP contribution in [0.3, 0.4) is 0 Å². The highest BCUT2D eigenvalue weighted by molar-refractivity contribution is 6.29. The molecule has 0 aliphatic carbocycles. The largest absolute Gasteiger partial charge is 0.354 e. The molecule has 6 heteroatoms. The minimum Gasteiger partial charge on any atom is -0.354 e. The van der Waals surface area contributed by atoms with E-state index in [1.54, 1.807) is 6.20 Å². The zero-order chi connectivity index (χ0) is 15.4. The third kappa shape index (κ3) is 3.53. The third-order valence-corrected chi connectivity index (χ3v) is 3.99. The van der Waals surface area contributed by atoms with Gasteiger partial charge in [-0.05, 0) is 23.8 Å². The number of hydrogen-bond donors (Lipinski definition) is 0. The van der Waals surface area contributed by atoms with Crippen molar-refractivity contribution in [2.45, 2.75) is 6.54 Å². The predicted molar refractivity (Wildman–Crippen MR) is 85.7 cm³/mol. The molecule has 0 bridgehead atoms. The summed E-state index contributed by atoms with van der Waals surface area (Å²) in [7, 11) is 0. The van der Waals surface area contributed by atoms with Crippen LogP contribution in [0.4, 0.5) is 5.82 Å². The minimum absolute atomic E-state index is 0.528. The van der Waals surface area contributed by atoms with Gasteiger partial charge in [0.25, 0.3) is 0 Å². The molecule has 22 heavy (non-hydrogen) atoms. The molecule has 1 fully saturated rings. The summed E-state index contributed by atoms with van der Waals surface area (Å²) in [5, 5.41) is 9.34. The summed E-state index contributed by atoms with van der Waals surface area (Å²) in [4.78, 5) is 13.1. The number of nitriles is 1. The minimum atomic E-state index is 0.528. The van der Waals surface area contributed by atoms with Crippen LogP contribution in [0.2, 0.25) is 5.15 Å². The van der Waals surface area contributed by atoms with Crippen molar-refractivity contribution in [3.05, 3.63) is 52.9 Å². The number of piperazine rings is 1. The third-order valence-electron chi connectivity index (χ3n) is 3.77. The van der Waals surface area contributed by atoms with E-state index in [4.69, 9.17) is 16.9 Å². The Bertz CT molecular complexity index is 654. The highest BCUT2D eigenvalue weighted by Crippen LogP contribution is 2.15. The molecule has 0 N–H and O–H groups in total. The van der Waals surface area contributed by atoms with Crippen molar-refractivity contribution in [2.24, 2.45) is 0 Å². The van der Waals surface area contributed by atoms with Crippen molar-refractivity contribution in [3.63, 3.8) is 0 Å². The molecular weight excluding hydrogens is 298 g/mol. The van der Waals surface area contributed by atoms with E-state index in [-0.39, 0.29) is 0 Å². The SMILES string of the molecule is N#Cc1ccc(N2CCN(Cc3ccc(Cl)nc3)CC2)nc1. The van der Waals surface area contributed by atoms with Crippen LogP contribution in [0, 0.1) is 11.3 Å². The van der Waals surface area contributed by atoms with Crippen LogP contribution >= 0.6 is 11.6 Å². The summed E-state index contributed by atoms with van der Waals surface area (Å²) in [6, 6.07) is 9.66. The van der Waals surface area contributed by atoms with Gasteiger partial charge in [-0.1, -0.05) is 17.7 Å². The lowest BCUT2D eigenvalue weighted by Crippen LogP contribution is -2.46. The molecule has 1 aliphatic rings. The fourth-order valence-electron chi connectivity index (χ4n) is 2.53. The molecular formula is C16H16ClN5. The maximum absolute atomic E-state index is 8.81. The Hall–Kier alpha value is -2.16. The molecule has 3 heterocycles. The first-order valence-corrected chi connectivity index (χ1v) is 7.56. The smallest absolute Gasteiger partial charge is 0.129 e. The molecule has 1 saturated heterocycles. The van der Waals surface area contributed by atoms with Crippen LogP contribution in [0.25, 0.3) is 0 Å². The van der Waals surface area contributed by atoms with Crippen LogP contribution < -0.4 is 4.90 Å². The van der Waals surface area contributed by atoms with Gasteiger partial charge in [0, 0.05) is 45.1 Å². The molecule has 0 atom stereocenters. The summed E-state index contributed by atoms with van der Waals surface area (Å²) in [5.74, 6) is 0.937. The van der Waals surface area contributed by atoms with Crippen molar-refractivity contribution in [3.8, 4) is 6.07 Å². The van der Waals surface area contributed by atoms with Gasteiger partial charge in [0.1, 0.15) is 17.0 Å². The fraction of sp³-hybridized carbons (Fsp3) is 0.312. The van der Waals surface area contributed by atoms with Gasteiger partial charge in [0.2, 0.25) is 0 Å². The Balaban J connectivity index is 1.55. The van der Waals surface area contributed by atoms with Gasteiger partial charge in [0.15, 0.2) is 0 Å². The van der Waals surface area contributed by atoms with Crippen LogP contribution in [0.15, 0.2) is 36.7 Å². The molecule has 0 aromatic carbocycles. The fourth-order valence-corrected chi connectivity index (χ4v) is 2.64. The van der Waals surface area contributed by atoms with E-state index in [0.717, 1.165) is 38.5 Å². The molecule has 0 radical (unpaired) electrons. The van der Waals surface area contributed by atoms with Gasteiger partial charge in [0.05, 0.1) is 5.56 Å². The Morgan fingerprint density at radius 2 is 1.86 bits per heavy atom. The lowest BCUT2D eigenvalue weighted by Gasteiger charge is -2.35. The maximum Gasteiger partial charge on any atom is 0.129 e. The summed E-state index contributed by atoms with van der Waals surface area (Å²) in [6.45, 7) is 4.70. The van der Waals surface area contributed by atoms with Crippen LogP contribution in [0.1, 0.15) is 11.1 Å². The van der Waals surface area contributed by atoms with E-state index in [2.05, 4.69) is 25.8 Å². The van der Waals surface area contributed by atoms with E-state index in [9.17, 15) is 0 Å². The number of rotatable bonds is 3. The summed E-state index contributed by atoms with van der Waals surface area (Å²) in [6.07, 6.45) is 3.46. The van der Waals surface area contributed by atoms with Crippen LogP contribution in [-0.4, -0.2) is 41.0 Å². The summed E-state index contributed by atoms with van der Waals surface area (Å²) in [5.41, 5.74) is 1.77. The Kier molecular flexibility index (Phi) is 4.52. The second-order valence-corrected chi connectivity index (χ2v) is 5.66. The van der Waals surface area contributed by atoms with Crippen LogP contribution in [-0.2, 0) is 6.54 Å². The molecule has 1 aliphatic heterocycles. The van der Waals surface area contributed by atoms with Gasteiger partial charge in [-0.3, -0.25) is 4.90 Å².